The van der Waals surface area contributed by atoms with Gasteiger partial charge in [-0.1, -0.05) is 0 Å². The molecule has 0 saturated carbocycles. The lowest BCUT2D eigenvalue weighted by Gasteiger charge is -2.38. The molecule has 1 fully saturated rings. The summed E-state index contributed by atoms with van der Waals surface area (Å²) in [5, 5.41) is 2.52. The van der Waals surface area contributed by atoms with Gasteiger partial charge in [-0.3, -0.25) is 4.79 Å². The highest BCUT2D eigenvalue weighted by atomic mass is 19.4. The largest absolute Gasteiger partial charge is 0.477 e. The number of aromatic nitrogens is 2. The lowest BCUT2D eigenvalue weighted by atomic mass is 9.79. The Morgan fingerprint density at radius 1 is 1.33 bits per heavy atom. The monoisotopic (exact) mass is 469 g/mol. The highest BCUT2D eigenvalue weighted by molar-refractivity contribution is 6.02. The summed E-state index contributed by atoms with van der Waals surface area (Å²) in [6, 6.07) is 3.06. The lowest BCUT2D eigenvalue weighted by molar-refractivity contribution is -0.217. The van der Waals surface area contributed by atoms with E-state index in [-0.39, 0.29) is 35.4 Å². The van der Waals surface area contributed by atoms with Gasteiger partial charge in [-0.25, -0.2) is 19.4 Å². The van der Waals surface area contributed by atoms with Crippen molar-refractivity contribution in [2.45, 2.75) is 24.8 Å². The third-order valence-corrected chi connectivity index (χ3v) is 5.33. The Balaban J connectivity index is 1.64. The Morgan fingerprint density at radius 2 is 2.12 bits per heavy atom. The van der Waals surface area contributed by atoms with Crippen molar-refractivity contribution in [3.05, 3.63) is 47.7 Å². The second kappa shape index (κ2) is 8.46. The number of carbonyl (C=O) groups is 1. The number of nitrogens with one attached hydrogen (secondary N) is 1. The number of aliphatic imine (C=N–C) groups is 1. The van der Waals surface area contributed by atoms with Crippen LogP contribution in [0, 0.1) is 11.7 Å². The summed E-state index contributed by atoms with van der Waals surface area (Å²) < 4.78 is 71.0. The van der Waals surface area contributed by atoms with Crippen LogP contribution in [0.5, 0.6) is 5.88 Å². The Labute approximate surface area is 185 Å². The van der Waals surface area contributed by atoms with Crippen molar-refractivity contribution < 1.29 is 36.6 Å². The van der Waals surface area contributed by atoms with Crippen molar-refractivity contribution in [1.82, 2.24) is 9.97 Å². The summed E-state index contributed by atoms with van der Waals surface area (Å²) in [7, 11) is 0. The predicted octanol–water partition coefficient (Wildman–Crippen LogP) is 2.38. The number of amides is 1. The van der Waals surface area contributed by atoms with Crippen molar-refractivity contribution in [1.29, 1.82) is 0 Å². The molecule has 1 amide bonds. The lowest BCUT2D eigenvalue weighted by Crippen LogP contribution is -2.50. The van der Waals surface area contributed by atoms with Gasteiger partial charge in [-0.05, 0) is 25.1 Å². The summed E-state index contributed by atoms with van der Waals surface area (Å²) in [5.74, 6) is -2.65. The zero-order valence-corrected chi connectivity index (χ0v) is 17.2. The van der Waals surface area contributed by atoms with Gasteiger partial charge in [0.05, 0.1) is 38.1 Å². The van der Waals surface area contributed by atoms with Gasteiger partial charge >= 0.3 is 6.18 Å². The van der Waals surface area contributed by atoms with E-state index >= 15 is 0 Å². The van der Waals surface area contributed by atoms with Gasteiger partial charge in [0.2, 0.25) is 5.88 Å². The van der Waals surface area contributed by atoms with E-state index in [4.69, 9.17) is 19.9 Å². The predicted molar refractivity (Wildman–Crippen MR) is 106 cm³/mol. The Hall–Kier alpha value is -3.48. The second-order valence-electron chi connectivity index (χ2n) is 7.37. The molecule has 3 heterocycles. The maximum absolute atomic E-state index is 14.9. The number of fused-ring (bicyclic) bond motifs is 1. The number of benzene rings is 1. The molecule has 33 heavy (non-hydrogen) atoms. The summed E-state index contributed by atoms with van der Waals surface area (Å²) in [6.45, 7) is 1.17. The number of carbonyl (C=O) groups excluding carboxylic acids is 1. The van der Waals surface area contributed by atoms with Crippen LogP contribution in [0.15, 0.2) is 35.6 Å². The molecule has 0 unspecified atom stereocenters. The zero-order valence-electron chi connectivity index (χ0n) is 17.2. The Kier molecular flexibility index (Phi) is 5.82. The smallest absolute Gasteiger partial charge is 0.415 e. The fourth-order valence-electron chi connectivity index (χ4n) is 3.87. The zero-order chi connectivity index (χ0) is 23.8. The number of anilines is 1. The third kappa shape index (κ3) is 4.27. The molecule has 4 rings (SSSR count). The SMILES string of the molecule is CCOc1cnc(C(=O)Nc2ccc(F)c([C@]34CO[C@H](C(F)(F)F)[C@H]3CN=C(N)O4)c2)cn1. The molecule has 3 N–H and O–H groups in total. The number of hydrogen-bond donors (Lipinski definition) is 2. The van der Waals surface area contributed by atoms with Gasteiger partial charge in [0.1, 0.15) is 11.5 Å². The topological polar surface area (TPSA) is 121 Å². The van der Waals surface area contributed by atoms with E-state index in [0.717, 1.165) is 6.07 Å². The van der Waals surface area contributed by atoms with Gasteiger partial charge in [0.25, 0.3) is 11.9 Å². The van der Waals surface area contributed by atoms with E-state index in [1.54, 1.807) is 6.92 Å². The van der Waals surface area contributed by atoms with Crippen molar-refractivity contribution in [2.75, 3.05) is 25.1 Å². The van der Waals surface area contributed by atoms with Gasteiger partial charge in [0, 0.05) is 11.3 Å². The van der Waals surface area contributed by atoms with Crippen LogP contribution in [0.25, 0.3) is 0 Å². The molecular formula is C20H19F4N5O4. The minimum atomic E-state index is -4.72. The van der Waals surface area contributed by atoms with Crippen molar-refractivity contribution in [2.24, 2.45) is 16.6 Å². The van der Waals surface area contributed by atoms with Crippen LogP contribution < -0.4 is 15.8 Å². The molecular weight excluding hydrogens is 450 g/mol. The van der Waals surface area contributed by atoms with Crippen LogP contribution in [0.2, 0.25) is 0 Å². The summed E-state index contributed by atoms with van der Waals surface area (Å²) in [6.07, 6.45) is -4.47. The number of halogens is 4. The fourth-order valence-corrected chi connectivity index (χ4v) is 3.87. The molecule has 1 aromatic carbocycles. The van der Waals surface area contributed by atoms with Crippen LogP contribution in [0.3, 0.4) is 0 Å². The quantitative estimate of drug-likeness (QED) is 0.645. The first kappa shape index (κ1) is 22.7. The van der Waals surface area contributed by atoms with Crippen LogP contribution in [-0.2, 0) is 15.1 Å². The highest BCUT2D eigenvalue weighted by Gasteiger charge is 2.63. The first-order chi connectivity index (χ1) is 15.6. The van der Waals surface area contributed by atoms with Crippen molar-refractivity contribution in [3.8, 4) is 5.88 Å². The first-order valence-electron chi connectivity index (χ1n) is 9.87. The maximum atomic E-state index is 14.9. The Morgan fingerprint density at radius 3 is 2.79 bits per heavy atom. The molecule has 176 valence electrons. The van der Waals surface area contributed by atoms with Crippen LogP contribution >= 0.6 is 0 Å². The number of nitrogens with two attached hydrogens (primary N) is 1. The number of amidine groups is 1. The number of alkyl halides is 3. The number of ether oxygens (including phenoxy) is 3. The van der Waals surface area contributed by atoms with E-state index in [9.17, 15) is 22.4 Å². The van der Waals surface area contributed by atoms with E-state index in [0.29, 0.717) is 6.61 Å². The molecule has 2 aromatic rings. The van der Waals surface area contributed by atoms with Crippen LogP contribution in [0.4, 0.5) is 23.2 Å². The standard InChI is InChI=1S/C20H19F4N5O4/c1-2-31-15-8-26-14(7-27-15)17(30)29-10-3-4-13(21)11(5-10)19-9-32-16(20(22,23)24)12(19)6-28-18(25)33-19/h3-5,7-8,12,16H,2,6,9H2,1H3,(H2,25,28)(H,29,30)/t12-,16+,19-/m1/s1. The number of hydrogen-bond acceptors (Lipinski definition) is 8. The fraction of sp³-hybridized carbons (Fsp3) is 0.400. The summed E-state index contributed by atoms with van der Waals surface area (Å²) >= 11 is 0. The van der Waals surface area contributed by atoms with E-state index in [2.05, 4.69) is 20.3 Å². The molecule has 0 aliphatic carbocycles. The first-order valence-corrected chi connectivity index (χ1v) is 9.87. The number of nitrogens with zero attached hydrogens (tertiary/aromatic N) is 3. The normalized spacial score (nSPS) is 24.5. The molecule has 2 aliphatic heterocycles. The van der Waals surface area contributed by atoms with Crippen LogP contribution in [0.1, 0.15) is 23.0 Å². The molecule has 3 atom stereocenters. The average molecular weight is 469 g/mol. The molecule has 1 saturated heterocycles. The maximum Gasteiger partial charge on any atom is 0.415 e. The summed E-state index contributed by atoms with van der Waals surface area (Å²) in [4.78, 5) is 24.2. The molecule has 0 radical (unpaired) electrons. The van der Waals surface area contributed by atoms with E-state index in [1.165, 1.54) is 24.5 Å². The minimum absolute atomic E-state index is 0.0491. The minimum Gasteiger partial charge on any atom is -0.477 e. The third-order valence-electron chi connectivity index (χ3n) is 5.33. The van der Waals surface area contributed by atoms with Crippen molar-refractivity contribution in [3.63, 3.8) is 0 Å². The van der Waals surface area contributed by atoms with Gasteiger partial charge in [-0.15, -0.1) is 0 Å². The number of rotatable bonds is 5. The molecule has 9 nitrogen and oxygen atoms in total. The molecule has 2 aliphatic rings. The van der Waals surface area contributed by atoms with E-state index < -0.39 is 42.1 Å². The van der Waals surface area contributed by atoms with Gasteiger partial charge in [-0.2, -0.15) is 13.2 Å². The molecule has 0 spiro atoms. The van der Waals surface area contributed by atoms with Crippen LogP contribution in [-0.4, -0.2) is 53.9 Å². The average Bonchev–Trinajstić information content (AvgIpc) is 3.15. The van der Waals surface area contributed by atoms with E-state index in [1.807, 2.05) is 0 Å². The van der Waals surface area contributed by atoms with Crippen molar-refractivity contribution >= 4 is 17.6 Å². The summed E-state index contributed by atoms with van der Waals surface area (Å²) in [5.41, 5.74) is 3.56. The molecule has 1 aromatic heterocycles. The molecule has 0 bridgehead atoms. The molecule has 13 heteroatoms. The second-order valence-corrected chi connectivity index (χ2v) is 7.37. The van der Waals surface area contributed by atoms with Gasteiger partial charge in [0.15, 0.2) is 11.7 Å². The Bertz CT molecular complexity index is 1080. The van der Waals surface area contributed by atoms with Gasteiger partial charge < -0.3 is 25.3 Å². The highest BCUT2D eigenvalue weighted by Crippen LogP contribution is 2.50.